The van der Waals surface area contributed by atoms with Gasteiger partial charge in [-0.1, -0.05) is 18.5 Å². The van der Waals surface area contributed by atoms with Crippen LogP contribution in [0.25, 0.3) is 0 Å². The van der Waals surface area contributed by atoms with Gasteiger partial charge in [-0.05, 0) is 51.7 Å². The Kier molecular flexibility index (Phi) is 5.66. The Morgan fingerprint density at radius 1 is 1.47 bits per heavy atom. The molecule has 1 saturated heterocycles. The molecule has 1 aliphatic rings. The molecule has 2 rings (SSSR count). The molecule has 1 unspecified atom stereocenters. The molecular formula is C14H24ClN3S. The van der Waals surface area contributed by atoms with E-state index in [0.29, 0.717) is 18.6 Å². The normalized spacial score (nSPS) is 20.1. The van der Waals surface area contributed by atoms with Crippen molar-refractivity contribution in [3.63, 3.8) is 0 Å². The molecule has 2 N–H and O–H groups in total. The van der Waals surface area contributed by atoms with E-state index < -0.39 is 0 Å². The van der Waals surface area contributed by atoms with Crippen LogP contribution in [0.5, 0.6) is 0 Å². The van der Waals surface area contributed by atoms with Gasteiger partial charge in [0.25, 0.3) is 0 Å². The van der Waals surface area contributed by atoms with Crippen LogP contribution in [0.2, 0.25) is 4.34 Å². The van der Waals surface area contributed by atoms with Gasteiger partial charge in [0.15, 0.2) is 0 Å². The summed E-state index contributed by atoms with van der Waals surface area (Å²) in [5.41, 5.74) is 5.99. The lowest BCUT2D eigenvalue weighted by atomic mass is 10.0. The predicted molar refractivity (Wildman–Crippen MR) is 84.0 cm³/mol. The van der Waals surface area contributed by atoms with Crippen LogP contribution >= 0.6 is 22.9 Å². The zero-order chi connectivity index (χ0) is 13.8. The highest BCUT2D eigenvalue weighted by Gasteiger charge is 2.27. The molecule has 1 aromatic rings. The number of hydrogen-bond donors (Lipinski definition) is 1. The highest BCUT2D eigenvalue weighted by molar-refractivity contribution is 7.16. The Morgan fingerprint density at radius 2 is 2.16 bits per heavy atom. The molecule has 1 aromatic heterocycles. The maximum Gasteiger partial charge on any atom is 0.0931 e. The molecule has 0 saturated carbocycles. The van der Waals surface area contributed by atoms with Crippen LogP contribution in [0, 0.1) is 0 Å². The third kappa shape index (κ3) is 3.70. The second-order valence-electron chi connectivity index (χ2n) is 5.22. The summed E-state index contributed by atoms with van der Waals surface area (Å²) in [6.45, 7) is 6.46. The number of halogens is 1. The topological polar surface area (TPSA) is 32.5 Å². The first-order valence-corrected chi connectivity index (χ1v) is 8.24. The lowest BCUT2D eigenvalue weighted by Gasteiger charge is -2.39. The fourth-order valence-corrected chi connectivity index (χ4v) is 4.11. The van der Waals surface area contributed by atoms with Crippen molar-refractivity contribution < 1.29 is 0 Å². The zero-order valence-corrected chi connectivity index (χ0v) is 13.4. The second-order valence-corrected chi connectivity index (χ2v) is 6.97. The van der Waals surface area contributed by atoms with Crippen LogP contribution in [0.3, 0.4) is 0 Å². The molecule has 1 atom stereocenters. The van der Waals surface area contributed by atoms with E-state index in [9.17, 15) is 0 Å². The molecule has 108 valence electrons. The molecule has 1 fully saturated rings. The number of piperidine rings is 1. The summed E-state index contributed by atoms with van der Waals surface area (Å²) in [5.74, 6) is 0. The lowest BCUT2D eigenvalue weighted by molar-refractivity contribution is 0.102. The van der Waals surface area contributed by atoms with Crippen LogP contribution in [-0.4, -0.2) is 49.1 Å². The SMILES string of the molecule is CCN1CCC(N(C)C(CN)c2ccc(Cl)s2)CC1. The first kappa shape index (κ1) is 15.3. The van der Waals surface area contributed by atoms with E-state index in [0.717, 1.165) is 10.9 Å². The van der Waals surface area contributed by atoms with Crippen molar-refractivity contribution in [1.29, 1.82) is 0 Å². The van der Waals surface area contributed by atoms with Gasteiger partial charge in [-0.2, -0.15) is 0 Å². The molecule has 19 heavy (non-hydrogen) atoms. The van der Waals surface area contributed by atoms with Crippen molar-refractivity contribution in [3.8, 4) is 0 Å². The largest absolute Gasteiger partial charge is 0.329 e. The van der Waals surface area contributed by atoms with Crippen molar-refractivity contribution in [2.24, 2.45) is 5.73 Å². The van der Waals surface area contributed by atoms with Gasteiger partial charge in [0.05, 0.1) is 10.4 Å². The van der Waals surface area contributed by atoms with Crippen LogP contribution in [-0.2, 0) is 0 Å². The van der Waals surface area contributed by atoms with Crippen molar-refractivity contribution >= 4 is 22.9 Å². The fraction of sp³-hybridized carbons (Fsp3) is 0.714. The fourth-order valence-electron chi connectivity index (χ4n) is 2.89. The predicted octanol–water partition coefficient (Wildman–Crippen LogP) is 2.82. The molecule has 0 aliphatic carbocycles. The number of hydrogen-bond acceptors (Lipinski definition) is 4. The van der Waals surface area contributed by atoms with Crippen molar-refractivity contribution in [3.05, 3.63) is 21.3 Å². The van der Waals surface area contributed by atoms with Gasteiger partial charge in [-0.15, -0.1) is 11.3 Å². The van der Waals surface area contributed by atoms with Crippen LogP contribution in [0.15, 0.2) is 12.1 Å². The number of nitrogens with two attached hydrogens (primary N) is 1. The van der Waals surface area contributed by atoms with Crippen LogP contribution in [0.4, 0.5) is 0 Å². The average molecular weight is 302 g/mol. The summed E-state index contributed by atoms with van der Waals surface area (Å²) in [6.07, 6.45) is 2.47. The molecule has 0 aromatic carbocycles. The number of rotatable bonds is 5. The standard InChI is InChI=1S/C14H24ClN3S/c1-3-18-8-6-11(7-9-18)17(2)12(10-16)13-4-5-14(15)19-13/h4-5,11-12H,3,6-10,16H2,1-2H3. The van der Waals surface area contributed by atoms with Gasteiger partial charge in [0.2, 0.25) is 0 Å². The average Bonchev–Trinajstić information content (AvgIpc) is 2.86. The van der Waals surface area contributed by atoms with Gasteiger partial charge in [-0.3, -0.25) is 4.90 Å². The Balaban J connectivity index is 1.99. The number of thiophene rings is 1. The van der Waals surface area contributed by atoms with Gasteiger partial charge in [0.1, 0.15) is 0 Å². The van der Waals surface area contributed by atoms with Gasteiger partial charge >= 0.3 is 0 Å². The summed E-state index contributed by atoms with van der Waals surface area (Å²) < 4.78 is 0.850. The van der Waals surface area contributed by atoms with Gasteiger partial charge < -0.3 is 10.6 Å². The molecule has 3 nitrogen and oxygen atoms in total. The molecular weight excluding hydrogens is 278 g/mol. The highest BCUT2D eigenvalue weighted by atomic mass is 35.5. The molecule has 1 aliphatic heterocycles. The van der Waals surface area contributed by atoms with Gasteiger partial charge in [-0.25, -0.2) is 0 Å². The summed E-state index contributed by atoms with van der Waals surface area (Å²) in [6, 6.07) is 5.02. The van der Waals surface area contributed by atoms with Gasteiger partial charge in [0, 0.05) is 17.5 Å². The minimum absolute atomic E-state index is 0.302. The summed E-state index contributed by atoms with van der Waals surface area (Å²) in [4.78, 5) is 6.26. The monoisotopic (exact) mass is 301 g/mol. The maximum absolute atomic E-state index is 6.04. The Bertz CT molecular complexity index is 388. The summed E-state index contributed by atoms with van der Waals surface area (Å²) in [5, 5.41) is 0. The number of likely N-dealkylation sites (tertiary alicyclic amines) is 1. The molecule has 0 amide bonds. The van der Waals surface area contributed by atoms with Crippen LogP contribution in [0.1, 0.15) is 30.7 Å². The van der Waals surface area contributed by atoms with Crippen LogP contribution < -0.4 is 5.73 Å². The Hall–Kier alpha value is -0.130. The van der Waals surface area contributed by atoms with Crippen molar-refractivity contribution in [1.82, 2.24) is 9.80 Å². The van der Waals surface area contributed by atoms with E-state index in [1.165, 1.54) is 30.8 Å². The van der Waals surface area contributed by atoms with E-state index in [-0.39, 0.29) is 0 Å². The minimum Gasteiger partial charge on any atom is -0.329 e. The second kappa shape index (κ2) is 7.04. The third-order valence-corrected chi connectivity index (χ3v) is 5.55. The molecule has 2 heterocycles. The first-order chi connectivity index (χ1) is 9.15. The van der Waals surface area contributed by atoms with E-state index in [1.54, 1.807) is 11.3 Å². The molecule has 0 bridgehead atoms. The van der Waals surface area contributed by atoms with Crippen molar-refractivity contribution in [2.75, 3.05) is 33.2 Å². The van der Waals surface area contributed by atoms with E-state index >= 15 is 0 Å². The smallest absolute Gasteiger partial charge is 0.0931 e. The number of likely N-dealkylation sites (N-methyl/N-ethyl adjacent to an activating group) is 1. The van der Waals surface area contributed by atoms with E-state index in [1.807, 2.05) is 6.07 Å². The minimum atomic E-state index is 0.302. The quantitative estimate of drug-likeness (QED) is 0.908. The third-order valence-electron chi connectivity index (χ3n) is 4.22. The summed E-state index contributed by atoms with van der Waals surface area (Å²) >= 11 is 7.69. The molecule has 5 heteroatoms. The highest BCUT2D eigenvalue weighted by Crippen LogP contribution is 2.32. The Labute approximate surface area is 125 Å². The summed E-state index contributed by atoms with van der Waals surface area (Å²) in [7, 11) is 2.21. The van der Waals surface area contributed by atoms with E-state index in [4.69, 9.17) is 17.3 Å². The maximum atomic E-state index is 6.04. The molecule has 0 radical (unpaired) electrons. The zero-order valence-electron chi connectivity index (χ0n) is 11.8. The number of nitrogens with zero attached hydrogens (tertiary/aromatic N) is 2. The molecule has 0 spiro atoms. The van der Waals surface area contributed by atoms with E-state index in [2.05, 4.69) is 29.8 Å². The Morgan fingerprint density at radius 3 is 2.63 bits per heavy atom. The lowest BCUT2D eigenvalue weighted by Crippen LogP contribution is -2.45. The first-order valence-electron chi connectivity index (χ1n) is 7.05. The van der Waals surface area contributed by atoms with Crippen molar-refractivity contribution in [2.45, 2.75) is 31.8 Å².